The zero-order valence-electron chi connectivity index (χ0n) is 22.8. The van der Waals surface area contributed by atoms with E-state index >= 15 is 0 Å². The molecule has 0 atom stereocenters. The molecule has 2 aliphatic heterocycles. The number of unbranched alkanes of at least 4 members (excludes halogenated alkanes) is 6. The molecule has 0 radical (unpaired) electrons. The zero-order valence-corrected chi connectivity index (χ0v) is 22.8. The minimum Gasteiger partial charge on any atom is -0.367 e. The van der Waals surface area contributed by atoms with Gasteiger partial charge in [-0.1, -0.05) is 57.6 Å². The predicted octanol–water partition coefficient (Wildman–Crippen LogP) is 4.02. The molecule has 38 heavy (non-hydrogen) atoms. The fourth-order valence-electron chi connectivity index (χ4n) is 5.37. The molecule has 1 aromatic carbocycles. The lowest BCUT2D eigenvalue weighted by atomic mass is 10.1. The minimum absolute atomic E-state index is 0.160. The molecule has 2 aliphatic rings. The summed E-state index contributed by atoms with van der Waals surface area (Å²) >= 11 is 0. The first kappa shape index (κ1) is 28.1. The summed E-state index contributed by atoms with van der Waals surface area (Å²) in [7, 11) is 0. The number of nitrogens with zero attached hydrogens (tertiary/aromatic N) is 5. The van der Waals surface area contributed by atoms with Gasteiger partial charge in [0.25, 0.3) is 5.56 Å². The van der Waals surface area contributed by atoms with Crippen molar-refractivity contribution in [3.8, 4) is 0 Å². The first-order valence-corrected chi connectivity index (χ1v) is 14.4. The minimum atomic E-state index is -0.193. The quantitative estimate of drug-likeness (QED) is 0.421. The van der Waals surface area contributed by atoms with Crippen LogP contribution in [0.15, 0.2) is 35.1 Å². The molecule has 4 rings (SSSR count). The molecule has 0 bridgehead atoms. The second-order valence-corrected chi connectivity index (χ2v) is 10.5. The third-order valence-electron chi connectivity index (χ3n) is 7.66. The van der Waals surface area contributed by atoms with Gasteiger partial charge in [-0.05, 0) is 18.6 Å². The Kier molecular flexibility index (Phi) is 10.6. The number of benzene rings is 1. The summed E-state index contributed by atoms with van der Waals surface area (Å²) in [6.07, 6.45) is 9.08. The van der Waals surface area contributed by atoms with Crippen molar-refractivity contribution in [3.05, 3.63) is 52.2 Å². The normalized spacial score (nSPS) is 16.7. The number of para-hydroxylation sites is 1. The second-order valence-electron chi connectivity index (χ2n) is 10.5. The van der Waals surface area contributed by atoms with Gasteiger partial charge in [-0.3, -0.25) is 19.5 Å². The van der Waals surface area contributed by atoms with Crippen LogP contribution in [0.4, 0.5) is 16.0 Å². The van der Waals surface area contributed by atoms with Crippen molar-refractivity contribution in [2.45, 2.75) is 64.8 Å². The van der Waals surface area contributed by atoms with Crippen molar-refractivity contribution in [2.24, 2.45) is 0 Å². The second kappa shape index (κ2) is 14.3. The van der Waals surface area contributed by atoms with Crippen LogP contribution < -0.4 is 15.4 Å². The summed E-state index contributed by atoms with van der Waals surface area (Å²) in [4.78, 5) is 41.0. The van der Waals surface area contributed by atoms with Gasteiger partial charge in [0.15, 0.2) is 0 Å². The molecule has 2 saturated heterocycles. The molecule has 0 aliphatic carbocycles. The number of piperazine rings is 2. The summed E-state index contributed by atoms with van der Waals surface area (Å²) in [6.45, 7) is 8.45. The van der Waals surface area contributed by atoms with Crippen LogP contribution in [-0.4, -0.2) is 78.0 Å². The van der Waals surface area contributed by atoms with Crippen molar-refractivity contribution in [1.29, 1.82) is 0 Å². The van der Waals surface area contributed by atoms with Gasteiger partial charge in [-0.2, -0.15) is 0 Å². The van der Waals surface area contributed by atoms with E-state index in [0.717, 1.165) is 44.7 Å². The van der Waals surface area contributed by atoms with E-state index in [1.54, 1.807) is 12.1 Å². The highest BCUT2D eigenvalue weighted by Crippen LogP contribution is 2.21. The fraction of sp³-hybridized carbons (Fsp3) is 0.621. The van der Waals surface area contributed by atoms with E-state index < -0.39 is 0 Å². The number of halogens is 1. The molecule has 1 aromatic heterocycles. The lowest BCUT2D eigenvalue weighted by Crippen LogP contribution is -2.49. The zero-order chi connectivity index (χ0) is 26.7. The summed E-state index contributed by atoms with van der Waals surface area (Å²) in [5.41, 5.74) is 1.22. The number of anilines is 2. The van der Waals surface area contributed by atoms with Gasteiger partial charge in [0.05, 0.1) is 11.4 Å². The number of hydrogen-bond donors (Lipinski definition) is 1. The van der Waals surface area contributed by atoms with Crippen LogP contribution in [0, 0.1) is 5.82 Å². The Morgan fingerprint density at radius 2 is 1.55 bits per heavy atom. The predicted molar refractivity (Wildman–Crippen MR) is 150 cm³/mol. The Balaban J connectivity index is 1.22. The van der Waals surface area contributed by atoms with Gasteiger partial charge >= 0.3 is 0 Å². The van der Waals surface area contributed by atoms with E-state index in [9.17, 15) is 14.0 Å². The van der Waals surface area contributed by atoms with Gasteiger partial charge in [0, 0.05) is 71.4 Å². The van der Waals surface area contributed by atoms with Gasteiger partial charge < -0.3 is 14.7 Å². The molecule has 208 valence electrons. The maximum Gasteiger partial charge on any atom is 0.252 e. The average Bonchev–Trinajstić information content (AvgIpc) is 2.93. The summed E-state index contributed by atoms with van der Waals surface area (Å²) in [5, 5.41) is 0. The lowest BCUT2D eigenvalue weighted by molar-refractivity contribution is -0.131. The van der Waals surface area contributed by atoms with E-state index in [0.29, 0.717) is 50.8 Å². The van der Waals surface area contributed by atoms with Crippen LogP contribution in [0.2, 0.25) is 0 Å². The van der Waals surface area contributed by atoms with E-state index in [-0.39, 0.29) is 17.3 Å². The number of carbonyl (C=O) groups excluding carboxylic acids is 1. The smallest absolute Gasteiger partial charge is 0.252 e. The van der Waals surface area contributed by atoms with Crippen molar-refractivity contribution in [2.75, 3.05) is 62.2 Å². The first-order valence-electron chi connectivity index (χ1n) is 14.4. The number of nitrogens with one attached hydrogen (secondary N) is 1. The van der Waals surface area contributed by atoms with Gasteiger partial charge in [0.1, 0.15) is 5.82 Å². The third kappa shape index (κ3) is 8.03. The maximum atomic E-state index is 14.1. The summed E-state index contributed by atoms with van der Waals surface area (Å²) < 4.78 is 14.1. The molecule has 1 N–H and O–H groups in total. The average molecular weight is 527 g/mol. The van der Waals surface area contributed by atoms with Gasteiger partial charge in [-0.15, -0.1) is 0 Å². The molecule has 2 fully saturated rings. The van der Waals surface area contributed by atoms with E-state index in [1.807, 2.05) is 17.0 Å². The highest BCUT2D eigenvalue weighted by molar-refractivity contribution is 5.76. The number of aromatic nitrogens is 2. The molecular weight excluding hydrogens is 483 g/mol. The number of carbonyl (C=O) groups is 1. The molecule has 1 amide bonds. The Morgan fingerprint density at radius 1 is 0.895 bits per heavy atom. The Hall–Kier alpha value is -2.94. The van der Waals surface area contributed by atoms with Crippen molar-refractivity contribution in [1.82, 2.24) is 19.8 Å². The van der Waals surface area contributed by atoms with Crippen molar-refractivity contribution >= 4 is 17.5 Å². The third-order valence-corrected chi connectivity index (χ3v) is 7.66. The van der Waals surface area contributed by atoms with Crippen LogP contribution in [0.3, 0.4) is 0 Å². The van der Waals surface area contributed by atoms with Crippen LogP contribution in [0.5, 0.6) is 0 Å². The topological polar surface area (TPSA) is 75.8 Å². The molecular formula is C29H43FN6O2. The molecule has 0 unspecified atom stereocenters. The highest BCUT2D eigenvalue weighted by Gasteiger charge is 2.24. The molecule has 9 heteroatoms. The first-order chi connectivity index (χ1) is 18.5. The summed E-state index contributed by atoms with van der Waals surface area (Å²) in [5.74, 6) is 0.626. The van der Waals surface area contributed by atoms with Gasteiger partial charge in [-0.25, -0.2) is 9.37 Å². The molecule has 2 aromatic rings. The molecule has 0 spiro atoms. The monoisotopic (exact) mass is 526 g/mol. The molecule has 8 nitrogen and oxygen atoms in total. The Labute approximate surface area is 225 Å². The summed E-state index contributed by atoms with van der Waals surface area (Å²) in [6, 6.07) is 8.45. The number of rotatable bonds is 12. The Morgan fingerprint density at radius 3 is 2.26 bits per heavy atom. The van der Waals surface area contributed by atoms with E-state index in [1.165, 1.54) is 38.2 Å². The van der Waals surface area contributed by atoms with Crippen molar-refractivity contribution < 1.29 is 9.18 Å². The number of aromatic amines is 1. The largest absolute Gasteiger partial charge is 0.367 e. The van der Waals surface area contributed by atoms with Gasteiger partial charge in [0.2, 0.25) is 11.9 Å². The van der Waals surface area contributed by atoms with E-state index in [2.05, 4.69) is 26.6 Å². The van der Waals surface area contributed by atoms with E-state index in [4.69, 9.17) is 4.98 Å². The fourth-order valence-corrected chi connectivity index (χ4v) is 5.37. The van der Waals surface area contributed by atoms with Crippen LogP contribution >= 0.6 is 0 Å². The maximum absolute atomic E-state index is 14.1. The number of H-pyrrole nitrogens is 1. The number of amides is 1. The molecule has 3 heterocycles. The lowest BCUT2D eigenvalue weighted by Gasteiger charge is -2.36. The number of hydrogen-bond acceptors (Lipinski definition) is 6. The molecule has 0 saturated carbocycles. The van der Waals surface area contributed by atoms with Crippen LogP contribution in [0.1, 0.15) is 64.0 Å². The Bertz CT molecular complexity index is 1080. The van der Waals surface area contributed by atoms with Crippen LogP contribution in [0.25, 0.3) is 0 Å². The SMILES string of the molecule is CCCCCCCCCC(=O)N1CCN(c2nc(CN3CCN(c4ccccc4F)CC3)cc(=O)[nH]2)CC1. The highest BCUT2D eigenvalue weighted by atomic mass is 19.1. The standard InChI is InChI=1S/C29H43FN6O2/c1-2-3-4-5-6-7-8-13-28(38)35-18-20-36(21-19-35)29-31-24(22-27(37)32-29)23-33-14-16-34(17-15-33)26-12-10-9-11-25(26)30/h9-12,22H,2-8,13-21,23H2,1H3,(H,31,32,37). The van der Waals surface area contributed by atoms with Crippen molar-refractivity contribution in [3.63, 3.8) is 0 Å². The van der Waals surface area contributed by atoms with Crippen LogP contribution in [-0.2, 0) is 11.3 Å².